The number of para-hydroxylation sites is 1. The molecule has 27 heavy (non-hydrogen) atoms. The fourth-order valence-corrected chi connectivity index (χ4v) is 4.17. The van der Waals surface area contributed by atoms with Crippen molar-refractivity contribution in [3.8, 4) is 5.75 Å². The Kier molecular flexibility index (Phi) is 9.15. The molecule has 2 aliphatic heterocycles. The number of likely N-dealkylation sites (tertiary alicyclic amines) is 2. The van der Waals surface area contributed by atoms with Crippen LogP contribution < -0.4 is 10.1 Å². The van der Waals surface area contributed by atoms with E-state index >= 15 is 0 Å². The smallest absolute Gasteiger partial charge is 0.193 e. The lowest BCUT2D eigenvalue weighted by atomic mass is 9.99. The van der Waals surface area contributed by atoms with Gasteiger partial charge in [0.15, 0.2) is 5.96 Å². The lowest BCUT2D eigenvalue weighted by molar-refractivity contribution is 0.233. The highest BCUT2D eigenvalue weighted by Crippen LogP contribution is 2.31. The first kappa shape index (κ1) is 22.3. The molecular weight excluding hydrogens is 451 g/mol. The molecule has 2 heterocycles. The highest BCUT2D eigenvalue weighted by molar-refractivity contribution is 14.0. The number of halogens is 1. The summed E-state index contributed by atoms with van der Waals surface area (Å²) >= 11 is 0. The fraction of sp³-hybridized carbons (Fsp3) is 0.667. The second-order valence-electron chi connectivity index (χ2n) is 7.60. The van der Waals surface area contributed by atoms with Crippen molar-refractivity contribution in [3.05, 3.63) is 29.8 Å². The van der Waals surface area contributed by atoms with Crippen molar-refractivity contribution < 1.29 is 4.74 Å². The number of rotatable bonds is 5. The van der Waals surface area contributed by atoms with E-state index in [1.54, 1.807) is 7.11 Å². The number of nitrogens with one attached hydrogen (secondary N) is 1. The second-order valence-corrected chi connectivity index (χ2v) is 7.60. The molecule has 0 aromatic heterocycles. The van der Waals surface area contributed by atoms with Gasteiger partial charge in [-0.15, -0.1) is 24.0 Å². The number of hydrogen-bond acceptors (Lipinski definition) is 3. The van der Waals surface area contributed by atoms with Crippen LogP contribution in [0.5, 0.6) is 5.75 Å². The number of hydrogen-bond donors (Lipinski definition) is 1. The van der Waals surface area contributed by atoms with Crippen LogP contribution in [-0.2, 0) is 0 Å². The third-order valence-corrected chi connectivity index (χ3v) is 5.83. The highest BCUT2D eigenvalue weighted by atomic mass is 127. The maximum atomic E-state index is 5.65. The predicted molar refractivity (Wildman–Crippen MR) is 123 cm³/mol. The van der Waals surface area contributed by atoms with Gasteiger partial charge in [-0.05, 0) is 50.8 Å². The first-order valence-corrected chi connectivity index (χ1v) is 10.1. The van der Waals surface area contributed by atoms with E-state index in [0.717, 1.165) is 50.4 Å². The Morgan fingerprint density at radius 1 is 1.19 bits per heavy atom. The van der Waals surface area contributed by atoms with Crippen molar-refractivity contribution in [2.75, 3.05) is 46.9 Å². The van der Waals surface area contributed by atoms with E-state index in [4.69, 9.17) is 4.74 Å². The van der Waals surface area contributed by atoms with E-state index < -0.39 is 0 Å². The van der Waals surface area contributed by atoms with Crippen LogP contribution >= 0.6 is 24.0 Å². The summed E-state index contributed by atoms with van der Waals surface area (Å²) in [7, 11) is 3.66. The molecule has 0 spiro atoms. The molecule has 1 aromatic carbocycles. The Morgan fingerprint density at radius 3 is 2.48 bits per heavy atom. The minimum absolute atomic E-state index is 0. The van der Waals surface area contributed by atoms with E-state index in [2.05, 4.69) is 45.2 Å². The molecule has 0 bridgehead atoms. The monoisotopic (exact) mass is 486 g/mol. The fourth-order valence-electron chi connectivity index (χ4n) is 4.17. The van der Waals surface area contributed by atoms with Crippen molar-refractivity contribution in [2.24, 2.45) is 10.9 Å². The largest absolute Gasteiger partial charge is 0.496 e. The molecule has 152 valence electrons. The van der Waals surface area contributed by atoms with Gasteiger partial charge in [-0.2, -0.15) is 0 Å². The van der Waals surface area contributed by atoms with Gasteiger partial charge in [-0.25, -0.2) is 0 Å². The number of methoxy groups -OCH3 is 1. The Morgan fingerprint density at radius 2 is 1.85 bits per heavy atom. The van der Waals surface area contributed by atoms with Gasteiger partial charge < -0.3 is 15.0 Å². The summed E-state index contributed by atoms with van der Waals surface area (Å²) in [6.07, 6.45) is 5.07. The van der Waals surface area contributed by atoms with Gasteiger partial charge in [0.2, 0.25) is 0 Å². The van der Waals surface area contributed by atoms with Crippen LogP contribution in [-0.4, -0.2) is 62.6 Å². The number of benzene rings is 1. The first-order valence-electron chi connectivity index (χ1n) is 10.1. The van der Waals surface area contributed by atoms with Crippen molar-refractivity contribution >= 4 is 29.9 Å². The summed E-state index contributed by atoms with van der Waals surface area (Å²) in [5.41, 5.74) is 1.27. The molecule has 2 aliphatic rings. The van der Waals surface area contributed by atoms with E-state index in [0.29, 0.717) is 6.04 Å². The molecule has 1 unspecified atom stereocenters. The zero-order valence-corrected chi connectivity index (χ0v) is 19.3. The van der Waals surface area contributed by atoms with Gasteiger partial charge in [0, 0.05) is 32.2 Å². The van der Waals surface area contributed by atoms with Gasteiger partial charge in [0.05, 0.1) is 13.2 Å². The Labute approximate surface area is 181 Å². The summed E-state index contributed by atoms with van der Waals surface area (Å²) in [6.45, 7) is 7.72. The number of guanidine groups is 1. The first-order chi connectivity index (χ1) is 12.7. The average molecular weight is 486 g/mol. The minimum Gasteiger partial charge on any atom is -0.496 e. The molecule has 0 aliphatic carbocycles. The van der Waals surface area contributed by atoms with Crippen molar-refractivity contribution in [1.29, 1.82) is 0 Å². The number of aliphatic imine (C=N–C) groups is 1. The van der Waals surface area contributed by atoms with E-state index in [1.807, 2.05) is 13.1 Å². The third-order valence-electron chi connectivity index (χ3n) is 5.83. The van der Waals surface area contributed by atoms with E-state index in [9.17, 15) is 0 Å². The zero-order chi connectivity index (χ0) is 18.4. The maximum Gasteiger partial charge on any atom is 0.193 e. The Bertz CT molecular complexity index is 596. The third kappa shape index (κ3) is 5.73. The molecule has 0 saturated carbocycles. The molecule has 1 aromatic rings. The topological polar surface area (TPSA) is 40.1 Å². The molecule has 1 N–H and O–H groups in total. The summed E-state index contributed by atoms with van der Waals surface area (Å²) < 4.78 is 5.65. The lowest BCUT2D eigenvalue weighted by Crippen LogP contribution is -2.47. The van der Waals surface area contributed by atoms with Crippen molar-refractivity contribution in [2.45, 2.75) is 38.6 Å². The van der Waals surface area contributed by atoms with Crippen molar-refractivity contribution in [3.63, 3.8) is 0 Å². The predicted octanol–water partition coefficient (Wildman–Crippen LogP) is 3.76. The minimum atomic E-state index is 0. The quantitative estimate of drug-likeness (QED) is 0.391. The molecule has 1 atom stereocenters. The summed E-state index contributed by atoms with van der Waals surface area (Å²) in [4.78, 5) is 9.54. The van der Waals surface area contributed by atoms with Gasteiger partial charge in [0.25, 0.3) is 0 Å². The van der Waals surface area contributed by atoms with Crippen LogP contribution in [0.15, 0.2) is 29.3 Å². The Balaban J connectivity index is 0.00000261. The molecule has 0 amide bonds. The SMILES string of the molecule is CN=C(NCC(c1ccccc1OC)N1CCCC1)N1CCC(C)CC1.I. The summed E-state index contributed by atoms with van der Waals surface area (Å²) in [5.74, 6) is 2.85. The van der Waals surface area contributed by atoms with Gasteiger partial charge in [-0.3, -0.25) is 9.89 Å². The van der Waals surface area contributed by atoms with E-state index in [1.165, 1.54) is 31.2 Å². The van der Waals surface area contributed by atoms with Crippen LogP contribution in [0.25, 0.3) is 0 Å². The molecule has 6 heteroatoms. The second kappa shape index (κ2) is 11.1. The maximum absolute atomic E-state index is 5.65. The molecule has 2 saturated heterocycles. The lowest BCUT2D eigenvalue weighted by Gasteiger charge is -2.35. The average Bonchev–Trinajstić information content (AvgIpc) is 3.21. The zero-order valence-electron chi connectivity index (χ0n) is 17.0. The number of ether oxygens (including phenoxy) is 1. The van der Waals surface area contributed by atoms with Crippen LogP contribution in [0, 0.1) is 5.92 Å². The normalized spacial score (nSPS) is 20.3. The van der Waals surface area contributed by atoms with Gasteiger partial charge in [0.1, 0.15) is 5.75 Å². The van der Waals surface area contributed by atoms with Crippen LogP contribution in [0.3, 0.4) is 0 Å². The van der Waals surface area contributed by atoms with Crippen LogP contribution in [0.1, 0.15) is 44.2 Å². The van der Waals surface area contributed by atoms with Crippen LogP contribution in [0.2, 0.25) is 0 Å². The number of nitrogens with zero attached hydrogens (tertiary/aromatic N) is 3. The van der Waals surface area contributed by atoms with Gasteiger partial charge >= 0.3 is 0 Å². The van der Waals surface area contributed by atoms with Crippen molar-refractivity contribution in [1.82, 2.24) is 15.1 Å². The summed E-state index contributed by atoms with van der Waals surface area (Å²) in [6, 6.07) is 8.75. The van der Waals surface area contributed by atoms with E-state index in [-0.39, 0.29) is 24.0 Å². The molecular formula is C21H35IN4O. The van der Waals surface area contributed by atoms with Crippen LogP contribution in [0.4, 0.5) is 0 Å². The standard InChI is InChI=1S/C21H34N4O.HI/c1-17-10-14-25(15-11-17)21(22-2)23-16-19(24-12-6-7-13-24)18-8-4-5-9-20(18)26-3;/h4-5,8-9,17,19H,6-7,10-16H2,1-3H3,(H,22,23);1H. The summed E-state index contributed by atoms with van der Waals surface area (Å²) in [5, 5.41) is 3.66. The van der Waals surface area contributed by atoms with Gasteiger partial charge in [-0.1, -0.05) is 25.1 Å². The molecule has 0 radical (unpaired) electrons. The molecule has 5 nitrogen and oxygen atoms in total. The molecule has 3 rings (SSSR count). The number of piperidine rings is 1. The Hall–Kier alpha value is -1.02. The molecule has 2 fully saturated rings. The highest BCUT2D eigenvalue weighted by Gasteiger charge is 2.27.